The summed E-state index contributed by atoms with van der Waals surface area (Å²) >= 11 is 5.62. The van der Waals surface area contributed by atoms with E-state index < -0.39 is 23.9 Å². The fourth-order valence-corrected chi connectivity index (χ4v) is 2.13. The Kier molecular flexibility index (Phi) is 5.54. The fourth-order valence-electron chi connectivity index (χ4n) is 1.95. The van der Waals surface area contributed by atoms with E-state index in [-0.39, 0.29) is 17.1 Å². The third kappa shape index (κ3) is 4.96. The number of anilines is 1. The predicted molar refractivity (Wildman–Crippen MR) is 85.1 cm³/mol. The minimum Gasteiger partial charge on any atom is -0.480 e. The molecule has 0 aliphatic heterocycles. The van der Waals surface area contributed by atoms with Crippen molar-refractivity contribution < 1.29 is 19.1 Å². The lowest BCUT2D eigenvalue weighted by molar-refractivity contribution is -0.139. The van der Waals surface area contributed by atoms with E-state index in [9.17, 15) is 19.1 Å². The summed E-state index contributed by atoms with van der Waals surface area (Å²) in [5, 5.41) is 13.9. The van der Waals surface area contributed by atoms with Crippen molar-refractivity contribution in [2.24, 2.45) is 0 Å². The van der Waals surface area contributed by atoms with Gasteiger partial charge in [0.15, 0.2) is 0 Å². The van der Waals surface area contributed by atoms with E-state index >= 15 is 0 Å². The Morgan fingerprint density at radius 2 is 1.87 bits per heavy atom. The molecular weight excluding hydrogens is 323 g/mol. The molecule has 0 saturated heterocycles. The third-order valence-corrected chi connectivity index (χ3v) is 3.35. The highest BCUT2D eigenvalue weighted by Crippen LogP contribution is 2.19. The van der Waals surface area contributed by atoms with Gasteiger partial charge in [-0.3, -0.25) is 0 Å². The number of urea groups is 1. The smallest absolute Gasteiger partial charge is 0.326 e. The molecule has 120 valence electrons. The molecule has 2 amide bonds. The van der Waals surface area contributed by atoms with Crippen LogP contribution in [0.5, 0.6) is 0 Å². The number of carboxylic acids is 1. The predicted octanol–water partition coefficient (Wildman–Crippen LogP) is 3.30. The van der Waals surface area contributed by atoms with Crippen molar-refractivity contribution in [3.8, 4) is 0 Å². The van der Waals surface area contributed by atoms with Gasteiger partial charge in [0.2, 0.25) is 0 Å². The molecule has 0 saturated carbocycles. The SMILES string of the molecule is O=C(Nc1ccc(F)c(Cl)c1)NC(Cc1ccccc1)C(=O)O. The van der Waals surface area contributed by atoms with Crippen LogP contribution in [0.3, 0.4) is 0 Å². The van der Waals surface area contributed by atoms with Gasteiger partial charge in [-0.25, -0.2) is 14.0 Å². The zero-order chi connectivity index (χ0) is 16.8. The summed E-state index contributed by atoms with van der Waals surface area (Å²) in [6.45, 7) is 0. The molecule has 0 spiro atoms. The molecule has 0 fully saturated rings. The maximum absolute atomic E-state index is 13.1. The number of benzene rings is 2. The first-order valence-corrected chi connectivity index (χ1v) is 7.13. The Morgan fingerprint density at radius 1 is 1.17 bits per heavy atom. The lowest BCUT2D eigenvalue weighted by Gasteiger charge is -2.15. The van der Waals surface area contributed by atoms with Gasteiger partial charge in [-0.1, -0.05) is 41.9 Å². The minimum absolute atomic E-state index is 0.137. The van der Waals surface area contributed by atoms with Crippen LogP contribution in [0.4, 0.5) is 14.9 Å². The Balaban J connectivity index is 2.00. The van der Waals surface area contributed by atoms with Crippen molar-refractivity contribution in [2.75, 3.05) is 5.32 Å². The van der Waals surface area contributed by atoms with Crippen molar-refractivity contribution in [1.29, 1.82) is 0 Å². The molecule has 1 unspecified atom stereocenters. The van der Waals surface area contributed by atoms with Gasteiger partial charge < -0.3 is 15.7 Å². The van der Waals surface area contributed by atoms with E-state index in [1.807, 2.05) is 6.07 Å². The highest BCUT2D eigenvalue weighted by Gasteiger charge is 2.20. The molecule has 2 aromatic rings. The number of rotatable bonds is 5. The Hall–Kier alpha value is -2.60. The monoisotopic (exact) mass is 336 g/mol. The van der Waals surface area contributed by atoms with Crippen LogP contribution in [0.25, 0.3) is 0 Å². The minimum atomic E-state index is -1.15. The van der Waals surface area contributed by atoms with Crippen molar-refractivity contribution in [3.63, 3.8) is 0 Å². The normalized spacial score (nSPS) is 11.6. The van der Waals surface area contributed by atoms with Crippen molar-refractivity contribution in [2.45, 2.75) is 12.5 Å². The van der Waals surface area contributed by atoms with Crippen molar-refractivity contribution in [3.05, 3.63) is 64.9 Å². The van der Waals surface area contributed by atoms with Gasteiger partial charge in [-0.15, -0.1) is 0 Å². The second-order valence-corrected chi connectivity index (χ2v) is 5.22. The Bertz CT molecular complexity index is 710. The first-order chi connectivity index (χ1) is 11.0. The number of amides is 2. The van der Waals surface area contributed by atoms with Crippen LogP contribution in [0.1, 0.15) is 5.56 Å². The molecule has 3 N–H and O–H groups in total. The number of nitrogens with one attached hydrogen (secondary N) is 2. The maximum Gasteiger partial charge on any atom is 0.326 e. The molecule has 0 bridgehead atoms. The number of aliphatic carboxylic acids is 1. The van der Waals surface area contributed by atoms with Gasteiger partial charge in [0.05, 0.1) is 5.02 Å². The third-order valence-electron chi connectivity index (χ3n) is 3.06. The fraction of sp³-hybridized carbons (Fsp3) is 0.125. The largest absolute Gasteiger partial charge is 0.480 e. The molecular formula is C16H14ClFN2O3. The molecule has 5 nitrogen and oxygen atoms in total. The average Bonchev–Trinajstić information content (AvgIpc) is 2.51. The standard InChI is InChI=1S/C16H14ClFN2O3/c17-12-9-11(6-7-13(12)18)19-16(23)20-14(15(21)22)8-10-4-2-1-3-5-10/h1-7,9,14H,8H2,(H,21,22)(H2,19,20,23). The second kappa shape index (κ2) is 7.60. The van der Waals surface area contributed by atoms with Crippen LogP contribution in [-0.4, -0.2) is 23.1 Å². The number of hydrogen-bond donors (Lipinski definition) is 3. The lowest BCUT2D eigenvalue weighted by atomic mass is 10.1. The van der Waals surface area contributed by atoms with Crippen LogP contribution in [0.15, 0.2) is 48.5 Å². The van der Waals surface area contributed by atoms with Crippen LogP contribution in [0.2, 0.25) is 5.02 Å². The lowest BCUT2D eigenvalue weighted by Crippen LogP contribution is -2.44. The van der Waals surface area contributed by atoms with E-state index in [2.05, 4.69) is 10.6 Å². The highest BCUT2D eigenvalue weighted by molar-refractivity contribution is 6.31. The molecule has 7 heteroatoms. The van der Waals surface area contributed by atoms with Gasteiger partial charge in [0.25, 0.3) is 0 Å². The summed E-state index contributed by atoms with van der Waals surface area (Å²) in [6, 6.07) is 10.8. The molecule has 2 rings (SSSR count). The topological polar surface area (TPSA) is 78.4 Å². The van der Waals surface area contributed by atoms with Crippen LogP contribution in [-0.2, 0) is 11.2 Å². The molecule has 2 aromatic carbocycles. The van der Waals surface area contributed by atoms with Crippen molar-refractivity contribution >= 4 is 29.3 Å². The first-order valence-electron chi connectivity index (χ1n) is 6.75. The summed E-state index contributed by atoms with van der Waals surface area (Å²) in [6.07, 6.45) is 0.147. The van der Waals surface area contributed by atoms with E-state index in [4.69, 9.17) is 11.6 Å². The maximum atomic E-state index is 13.1. The molecule has 0 aromatic heterocycles. The molecule has 0 radical (unpaired) electrons. The summed E-state index contributed by atoms with van der Waals surface area (Å²) in [4.78, 5) is 23.2. The van der Waals surface area contributed by atoms with Gasteiger partial charge in [-0.05, 0) is 23.8 Å². The van der Waals surface area contributed by atoms with Crippen LogP contribution >= 0.6 is 11.6 Å². The molecule has 1 atom stereocenters. The average molecular weight is 337 g/mol. The molecule has 0 aliphatic carbocycles. The van der Waals surface area contributed by atoms with Gasteiger partial charge in [-0.2, -0.15) is 0 Å². The number of carbonyl (C=O) groups excluding carboxylic acids is 1. The van der Waals surface area contributed by atoms with Crippen LogP contribution < -0.4 is 10.6 Å². The van der Waals surface area contributed by atoms with E-state index in [1.54, 1.807) is 24.3 Å². The summed E-state index contributed by atoms with van der Waals surface area (Å²) in [5.41, 5.74) is 1.04. The number of carboxylic acid groups (broad SMARTS) is 1. The Labute approximate surface area is 137 Å². The van der Waals surface area contributed by atoms with Gasteiger partial charge in [0.1, 0.15) is 11.9 Å². The van der Waals surface area contributed by atoms with Gasteiger partial charge in [0, 0.05) is 12.1 Å². The van der Waals surface area contributed by atoms with E-state index in [0.29, 0.717) is 0 Å². The first kappa shape index (κ1) is 16.8. The van der Waals surface area contributed by atoms with Gasteiger partial charge >= 0.3 is 12.0 Å². The Morgan fingerprint density at radius 3 is 2.48 bits per heavy atom. The summed E-state index contributed by atoms with van der Waals surface area (Å²) in [7, 11) is 0. The molecule has 0 heterocycles. The second-order valence-electron chi connectivity index (χ2n) is 4.81. The van der Waals surface area contributed by atoms with Crippen LogP contribution in [0, 0.1) is 5.82 Å². The highest BCUT2D eigenvalue weighted by atomic mass is 35.5. The van der Waals surface area contributed by atoms with E-state index in [1.165, 1.54) is 12.1 Å². The summed E-state index contributed by atoms with van der Waals surface area (Å²) in [5.74, 6) is -1.76. The quantitative estimate of drug-likeness (QED) is 0.784. The number of halogens is 2. The van der Waals surface area contributed by atoms with Crippen molar-refractivity contribution in [1.82, 2.24) is 5.32 Å². The molecule has 23 heavy (non-hydrogen) atoms. The van der Waals surface area contributed by atoms with E-state index in [0.717, 1.165) is 11.6 Å². The zero-order valence-corrected chi connectivity index (χ0v) is 12.7. The number of hydrogen-bond acceptors (Lipinski definition) is 2. The summed E-state index contributed by atoms with van der Waals surface area (Å²) < 4.78 is 13.1. The molecule has 0 aliphatic rings. The zero-order valence-electron chi connectivity index (χ0n) is 11.9. The number of carbonyl (C=O) groups is 2.